The van der Waals surface area contributed by atoms with Gasteiger partial charge in [0.05, 0.1) is 12.6 Å². The lowest BCUT2D eigenvalue weighted by Gasteiger charge is -2.18. The van der Waals surface area contributed by atoms with Crippen LogP contribution in [0, 0.1) is 0 Å². The second kappa shape index (κ2) is 5.97. The molecule has 0 aliphatic heterocycles. The Morgan fingerprint density at radius 3 is 2.50 bits per heavy atom. The predicted molar refractivity (Wildman–Crippen MR) is 46.0 cm³/mol. The van der Waals surface area contributed by atoms with Crippen LogP contribution in [0.3, 0.4) is 0 Å². The van der Waals surface area contributed by atoms with E-state index in [2.05, 4.69) is 0 Å². The van der Waals surface area contributed by atoms with Crippen LogP contribution in [0.1, 0.15) is 20.3 Å². The zero-order chi connectivity index (χ0) is 9.56. The topological polar surface area (TPSA) is 60.8 Å². The summed E-state index contributed by atoms with van der Waals surface area (Å²) >= 11 is 0. The summed E-state index contributed by atoms with van der Waals surface area (Å²) in [5.74, 6) is -0.817. The molecule has 2 N–H and O–H groups in total. The van der Waals surface area contributed by atoms with E-state index in [9.17, 15) is 4.79 Å². The molecule has 72 valence electrons. The predicted octanol–water partition coefficient (Wildman–Crippen LogP) is 0.164. The van der Waals surface area contributed by atoms with Crippen molar-refractivity contribution in [3.8, 4) is 0 Å². The van der Waals surface area contributed by atoms with Gasteiger partial charge in [-0.1, -0.05) is 6.92 Å². The van der Waals surface area contributed by atoms with Crippen molar-refractivity contribution in [2.75, 3.05) is 19.6 Å². The van der Waals surface area contributed by atoms with Crippen LogP contribution in [0.4, 0.5) is 0 Å². The van der Waals surface area contributed by atoms with E-state index >= 15 is 0 Å². The number of aliphatic carboxylic acids is 1. The summed E-state index contributed by atoms with van der Waals surface area (Å²) in [5.41, 5.74) is 0. The number of likely N-dealkylation sites (N-methyl/N-ethyl adjacent to an activating group) is 1. The minimum atomic E-state index is -0.817. The maximum absolute atomic E-state index is 10.3. The highest BCUT2D eigenvalue weighted by molar-refractivity contribution is 5.69. The van der Waals surface area contributed by atoms with Crippen LogP contribution in [-0.4, -0.2) is 46.8 Å². The van der Waals surface area contributed by atoms with E-state index in [0.29, 0.717) is 19.5 Å². The Morgan fingerprint density at radius 2 is 2.17 bits per heavy atom. The summed E-state index contributed by atoms with van der Waals surface area (Å²) in [6.07, 6.45) is 0.272. The first kappa shape index (κ1) is 11.4. The van der Waals surface area contributed by atoms with E-state index in [1.165, 1.54) is 0 Å². The molecule has 0 rings (SSSR count). The minimum absolute atomic E-state index is 0.0587. The average Bonchev–Trinajstić information content (AvgIpc) is 1.97. The van der Waals surface area contributed by atoms with Crippen molar-refractivity contribution in [2.45, 2.75) is 26.4 Å². The van der Waals surface area contributed by atoms with Crippen LogP contribution in [0.5, 0.6) is 0 Å². The van der Waals surface area contributed by atoms with Crippen molar-refractivity contribution in [2.24, 2.45) is 0 Å². The van der Waals surface area contributed by atoms with Crippen molar-refractivity contribution < 1.29 is 15.0 Å². The molecule has 0 saturated carbocycles. The molecule has 0 fully saturated rings. The van der Waals surface area contributed by atoms with Gasteiger partial charge in [0.1, 0.15) is 0 Å². The van der Waals surface area contributed by atoms with Crippen LogP contribution < -0.4 is 0 Å². The van der Waals surface area contributed by atoms with Gasteiger partial charge in [0.2, 0.25) is 0 Å². The smallest absolute Gasteiger partial charge is 0.317 e. The second-order valence-corrected chi connectivity index (χ2v) is 2.90. The fourth-order valence-corrected chi connectivity index (χ4v) is 0.910. The van der Waals surface area contributed by atoms with E-state index in [0.717, 1.165) is 0 Å². The monoisotopic (exact) mass is 175 g/mol. The highest BCUT2D eigenvalue weighted by Crippen LogP contribution is 1.94. The molecule has 0 saturated heterocycles. The van der Waals surface area contributed by atoms with Crippen LogP contribution in [0.15, 0.2) is 0 Å². The molecule has 0 bridgehead atoms. The number of aliphatic hydroxyl groups excluding tert-OH is 1. The van der Waals surface area contributed by atoms with Gasteiger partial charge in [0, 0.05) is 6.54 Å². The summed E-state index contributed by atoms with van der Waals surface area (Å²) in [6, 6.07) is 0. The number of hydrogen-bond acceptors (Lipinski definition) is 3. The lowest BCUT2D eigenvalue weighted by atomic mass is 10.2. The molecule has 0 aromatic heterocycles. The van der Waals surface area contributed by atoms with Gasteiger partial charge in [-0.15, -0.1) is 0 Å². The number of aliphatic hydroxyl groups is 1. The van der Waals surface area contributed by atoms with Gasteiger partial charge in [-0.2, -0.15) is 0 Å². The first-order chi connectivity index (χ1) is 5.56. The third-order valence-corrected chi connectivity index (χ3v) is 1.67. The Hall–Kier alpha value is -0.610. The number of carboxylic acid groups (broad SMARTS) is 1. The Kier molecular flexibility index (Phi) is 5.66. The fourth-order valence-electron chi connectivity index (χ4n) is 0.910. The zero-order valence-corrected chi connectivity index (χ0v) is 7.66. The van der Waals surface area contributed by atoms with Crippen LogP contribution >= 0.6 is 0 Å². The lowest BCUT2D eigenvalue weighted by molar-refractivity contribution is -0.138. The van der Waals surface area contributed by atoms with E-state index in [4.69, 9.17) is 10.2 Å². The molecular weight excluding hydrogens is 158 g/mol. The van der Waals surface area contributed by atoms with Crippen LogP contribution in [0.2, 0.25) is 0 Å². The molecule has 0 aliphatic carbocycles. The third kappa shape index (κ3) is 6.12. The molecule has 0 aliphatic rings. The maximum Gasteiger partial charge on any atom is 0.317 e. The van der Waals surface area contributed by atoms with Gasteiger partial charge in [0.25, 0.3) is 0 Å². The molecule has 12 heavy (non-hydrogen) atoms. The minimum Gasteiger partial charge on any atom is -0.480 e. The molecule has 0 aromatic carbocycles. The molecule has 0 radical (unpaired) electrons. The maximum atomic E-state index is 10.3. The van der Waals surface area contributed by atoms with Crippen molar-refractivity contribution in [3.63, 3.8) is 0 Å². The number of rotatable bonds is 6. The normalized spacial score (nSPS) is 13.3. The first-order valence-corrected chi connectivity index (χ1v) is 4.18. The van der Waals surface area contributed by atoms with Crippen LogP contribution in [0.25, 0.3) is 0 Å². The SMILES string of the molecule is CCN(CCC(C)O)CC(=O)O. The van der Waals surface area contributed by atoms with E-state index in [1.807, 2.05) is 6.92 Å². The van der Waals surface area contributed by atoms with Crippen LogP contribution in [-0.2, 0) is 4.79 Å². The fraction of sp³-hybridized carbons (Fsp3) is 0.875. The molecule has 1 unspecified atom stereocenters. The highest BCUT2D eigenvalue weighted by Gasteiger charge is 2.07. The van der Waals surface area contributed by atoms with E-state index in [-0.39, 0.29) is 12.6 Å². The molecule has 0 amide bonds. The lowest BCUT2D eigenvalue weighted by Crippen LogP contribution is -2.31. The third-order valence-electron chi connectivity index (χ3n) is 1.67. The molecule has 0 aromatic rings. The average molecular weight is 175 g/mol. The molecule has 0 heterocycles. The first-order valence-electron chi connectivity index (χ1n) is 4.18. The Labute approximate surface area is 72.8 Å². The summed E-state index contributed by atoms with van der Waals surface area (Å²) in [7, 11) is 0. The summed E-state index contributed by atoms with van der Waals surface area (Å²) in [5, 5.41) is 17.4. The van der Waals surface area contributed by atoms with Gasteiger partial charge >= 0.3 is 5.97 Å². The zero-order valence-electron chi connectivity index (χ0n) is 7.66. The van der Waals surface area contributed by atoms with Gasteiger partial charge in [0.15, 0.2) is 0 Å². The van der Waals surface area contributed by atoms with Gasteiger partial charge in [-0.25, -0.2) is 0 Å². The van der Waals surface area contributed by atoms with Crippen molar-refractivity contribution >= 4 is 5.97 Å². The molecule has 0 spiro atoms. The molecule has 4 nitrogen and oxygen atoms in total. The second-order valence-electron chi connectivity index (χ2n) is 2.90. The summed E-state index contributed by atoms with van der Waals surface area (Å²) in [4.78, 5) is 12.1. The van der Waals surface area contributed by atoms with Crippen molar-refractivity contribution in [3.05, 3.63) is 0 Å². The van der Waals surface area contributed by atoms with Crippen molar-refractivity contribution in [1.82, 2.24) is 4.90 Å². The number of carboxylic acids is 1. The quantitative estimate of drug-likeness (QED) is 0.604. The van der Waals surface area contributed by atoms with Gasteiger partial charge in [-0.3, -0.25) is 9.69 Å². The highest BCUT2D eigenvalue weighted by atomic mass is 16.4. The number of carbonyl (C=O) groups is 1. The Balaban J connectivity index is 3.60. The largest absolute Gasteiger partial charge is 0.480 e. The number of nitrogens with zero attached hydrogens (tertiary/aromatic N) is 1. The van der Waals surface area contributed by atoms with E-state index in [1.54, 1.807) is 11.8 Å². The van der Waals surface area contributed by atoms with Gasteiger partial charge in [-0.05, 0) is 19.9 Å². The molecular formula is C8H17NO3. The van der Waals surface area contributed by atoms with Gasteiger partial charge < -0.3 is 10.2 Å². The summed E-state index contributed by atoms with van der Waals surface area (Å²) < 4.78 is 0. The standard InChI is InChI=1S/C8H17NO3/c1-3-9(6-8(11)12)5-4-7(2)10/h7,10H,3-6H2,1-2H3,(H,11,12). The Morgan fingerprint density at radius 1 is 1.58 bits per heavy atom. The summed E-state index contributed by atoms with van der Waals surface area (Å²) in [6.45, 7) is 5.02. The number of hydrogen-bond donors (Lipinski definition) is 2. The van der Waals surface area contributed by atoms with E-state index < -0.39 is 5.97 Å². The molecule has 4 heteroatoms. The van der Waals surface area contributed by atoms with Crippen molar-refractivity contribution in [1.29, 1.82) is 0 Å². The Bertz CT molecular complexity index is 136. The molecule has 1 atom stereocenters.